The van der Waals surface area contributed by atoms with Gasteiger partial charge in [0.15, 0.2) is 9.84 Å². The molecule has 0 saturated carbocycles. The topological polar surface area (TPSA) is 77.7 Å². The molecule has 6 nitrogen and oxygen atoms in total. The largest absolute Gasteiger partial charge is 0.417 e. The zero-order valence-corrected chi connectivity index (χ0v) is 19.0. The lowest BCUT2D eigenvalue weighted by atomic mass is 10.1. The van der Waals surface area contributed by atoms with Crippen molar-refractivity contribution in [2.75, 3.05) is 6.26 Å². The molecule has 0 N–H and O–H groups in total. The number of hydrogen-bond donors (Lipinski definition) is 0. The number of hydrogen-bond acceptors (Lipinski definition) is 5. The number of nitrogens with zero attached hydrogens (tertiary/aromatic N) is 4. The van der Waals surface area contributed by atoms with Gasteiger partial charge in [-0.1, -0.05) is 28.4 Å². The van der Waals surface area contributed by atoms with E-state index in [1.54, 1.807) is 24.4 Å². The highest BCUT2D eigenvalue weighted by Crippen LogP contribution is 2.33. The van der Waals surface area contributed by atoms with Gasteiger partial charge in [0, 0.05) is 23.6 Å². The maximum atomic E-state index is 12.8. The lowest BCUT2D eigenvalue weighted by molar-refractivity contribution is -0.137. The summed E-state index contributed by atoms with van der Waals surface area (Å²) in [4.78, 5) is 3.97. The van der Waals surface area contributed by atoms with Crippen LogP contribution in [-0.4, -0.2) is 34.7 Å². The highest BCUT2D eigenvalue weighted by molar-refractivity contribution is 7.90. The maximum absolute atomic E-state index is 12.8. The van der Waals surface area contributed by atoms with E-state index < -0.39 is 21.6 Å². The van der Waals surface area contributed by atoms with Gasteiger partial charge in [-0.2, -0.15) is 13.2 Å². The number of pyridine rings is 1. The van der Waals surface area contributed by atoms with E-state index >= 15 is 0 Å². The number of alkyl halides is 3. The number of benzene rings is 2. The quantitative estimate of drug-likeness (QED) is 0.349. The van der Waals surface area contributed by atoms with Gasteiger partial charge in [0.1, 0.15) is 5.69 Å². The monoisotopic (exact) mass is 512 g/mol. The molecule has 2 aromatic carbocycles. The van der Waals surface area contributed by atoms with Crippen molar-refractivity contribution < 1.29 is 21.6 Å². The third-order valence-corrected chi connectivity index (χ3v) is 6.47. The van der Waals surface area contributed by atoms with Crippen LogP contribution in [0.25, 0.3) is 28.2 Å². The Kier molecular flexibility index (Phi) is 5.94. The Balaban J connectivity index is 1.68. The van der Waals surface area contributed by atoms with Gasteiger partial charge in [-0.25, -0.2) is 13.1 Å². The SMILES string of the molecule is CS(=O)(=O)c1ccc(-c2cn(-c3ccc(Cl)c(-c4ccc(C(F)(F)F)cn4)c3)nn2)c(Cl)c1. The summed E-state index contributed by atoms with van der Waals surface area (Å²) in [6, 6.07) is 11.3. The average molecular weight is 513 g/mol. The molecule has 4 rings (SSSR count). The Bertz CT molecular complexity index is 1450. The van der Waals surface area contributed by atoms with E-state index in [0.717, 1.165) is 18.5 Å². The van der Waals surface area contributed by atoms with Crippen LogP contribution in [0, 0.1) is 0 Å². The smallest absolute Gasteiger partial charge is 0.256 e. The average Bonchev–Trinajstić information content (AvgIpc) is 3.23. The summed E-state index contributed by atoms with van der Waals surface area (Å²) >= 11 is 12.5. The Labute approximate surface area is 196 Å². The third kappa shape index (κ3) is 4.87. The van der Waals surface area contributed by atoms with Crippen LogP contribution in [0.4, 0.5) is 13.2 Å². The molecule has 0 aliphatic carbocycles. The van der Waals surface area contributed by atoms with E-state index in [2.05, 4.69) is 15.3 Å². The molecule has 0 bridgehead atoms. The van der Waals surface area contributed by atoms with Crippen molar-refractivity contribution >= 4 is 33.0 Å². The van der Waals surface area contributed by atoms with Crippen LogP contribution < -0.4 is 0 Å². The summed E-state index contributed by atoms with van der Waals surface area (Å²) in [5.74, 6) is 0. The fraction of sp³-hybridized carbons (Fsp3) is 0.0952. The summed E-state index contributed by atoms with van der Waals surface area (Å²) in [6.45, 7) is 0. The zero-order chi connectivity index (χ0) is 24.0. The maximum Gasteiger partial charge on any atom is 0.417 e. The highest BCUT2D eigenvalue weighted by Gasteiger charge is 2.30. The first-order chi connectivity index (χ1) is 15.4. The summed E-state index contributed by atoms with van der Waals surface area (Å²) in [6.07, 6.45) is -1.09. The van der Waals surface area contributed by atoms with Gasteiger partial charge in [0.05, 0.1) is 38.1 Å². The molecule has 0 radical (unpaired) electrons. The molecule has 4 aromatic rings. The molecule has 0 saturated heterocycles. The molecule has 0 fully saturated rings. The molecule has 2 aromatic heterocycles. The fourth-order valence-electron chi connectivity index (χ4n) is 3.02. The Hall–Kier alpha value is -2.95. The molecule has 0 unspecified atom stereocenters. The molecule has 33 heavy (non-hydrogen) atoms. The third-order valence-electron chi connectivity index (χ3n) is 4.72. The normalized spacial score (nSPS) is 12.2. The van der Waals surface area contributed by atoms with Crippen molar-refractivity contribution in [3.8, 4) is 28.2 Å². The van der Waals surface area contributed by atoms with Crippen LogP contribution in [0.3, 0.4) is 0 Å². The lowest BCUT2D eigenvalue weighted by Crippen LogP contribution is -2.05. The van der Waals surface area contributed by atoms with Crippen LogP contribution in [0.5, 0.6) is 0 Å². The van der Waals surface area contributed by atoms with Gasteiger partial charge in [0.25, 0.3) is 0 Å². The van der Waals surface area contributed by atoms with Crippen molar-refractivity contribution in [1.29, 1.82) is 0 Å². The Morgan fingerprint density at radius 3 is 2.27 bits per heavy atom. The fourth-order valence-corrected chi connectivity index (χ4v) is 4.22. The predicted octanol–water partition coefficient (Wildman–Crippen LogP) is 5.73. The minimum Gasteiger partial charge on any atom is -0.256 e. The van der Waals surface area contributed by atoms with Crippen molar-refractivity contribution in [3.63, 3.8) is 0 Å². The van der Waals surface area contributed by atoms with Crippen molar-refractivity contribution in [2.24, 2.45) is 0 Å². The predicted molar refractivity (Wildman–Crippen MR) is 118 cm³/mol. The molecule has 0 atom stereocenters. The minimum atomic E-state index is -4.49. The van der Waals surface area contributed by atoms with Gasteiger partial charge < -0.3 is 0 Å². The standard InChI is InChI=1S/C21H13Cl2F3N4O2S/c1-33(31,32)14-4-5-15(18(23)9-14)20-11-30(29-28-20)13-3-6-17(22)16(8-13)19-7-2-12(10-27-19)21(24,25)26/h2-11H,1H3. The molecular weight excluding hydrogens is 500 g/mol. The highest BCUT2D eigenvalue weighted by atomic mass is 35.5. The van der Waals surface area contributed by atoms with Crippen molar-refractivity contribution in [3.05, 3.63) is 76.5 Å². The van der Waals surface area contributed by atoms with Crippen LogP contribution >= 0.6 is 23.2 Å². The van der Waals surface area contributed by atoms with Gasteiger partial charge >= 0.3 is 6.18 Å². The van der Waals surface area contributed by atoms with Crippen molar-refractivity contribution in [2.45, 2.75) is 11.1 Å². The van der Waals surface area contributed by atoms with E-state index in [4.69, 9.17) is 23.2 Å². The minimum absolute atomic E-state index is 0.0787. The van der Waals surface area contributed by atoms with Gasteiger partial charge in [-0.05, 0) is 48.5 Å². The number of halogens is 5. The molecule has 12 heteroatoms. The molecule has 0 spiro atoms. The number of aromatic nitrogens is 4. The van der Waals surface area contributed by atoms with E-state index in [0.29, 0.717) is 27.5 Å². The van der Waals surface area contributed by atoms with E-state index in [9.17, 15) is 21.6 Å². The molecule has 0 aliphatic heterocycles. The second kappa shape index (κ2) is 8.44. The van der Waals surface area contributed by atoms with Crippen LogP contribution in [0.15, 0.2) is 65.8 Å². The van der Waals surface area contributed by atoms with E-state index in [1.807, 2.05) is 0 Å². The van der Waals surface area contributed by atoms with E-state index in [-0.39, 0.29) is 15.6 Å². The second-order valence-electron chi connectivity index (χ2n) is 7.06. The van der Waals surface area contributed by atoms with Crippen LogP contribution in [-0.2, 0) is 16.0 Å². The summed E-state index contributed by atoms with van der Waals surface area (Å²) < 4.78 is 63.3. The number of sulfone groups is 1. The first-order valence-corrected chi connectivity index (χ1v) is 11.8. The summed E-state index contributed by atoms with van der Waals surface area (Å²) in [7, 11) is -3.41. The Morgan fingerprint density at radius 1 is 0.909 bits per heavy atom. The molecule has 0 amide bonds. The molecule has 0 aliphatic rings. The molecule has 2 heterocycles. The second-order valence-corrected chi connectivity index (χ2v) is 9.89. The first-order valence-electron chi connectivity index (χ1n) is 9.19. The Morgan fingerprint density at radius 2 is 1.67 bits per heavy atom. The molecular formula is C21H13Cl2F3N4O2S. The summed E-state index contributed by atoms with van der Waals surface area (Å²) in [5.41, 5.74) is 1.21. The van der Waals surface area contributed by atoms with Crippen molar-refractivity contribution in [1.82, 2.24) is 20.0 Å². The van der Waals surface area contributed by atoms with Crippen LogP contribution in [0.1, 0.15) is 5.56 Å². The molecule has 170 valence electrons. The summed E-state index contributed by atoms with van der Waals surface area (Å²) in [5, 5.41) is 8.64. The van der Waals surface area contributed by atoms with E-state index in [1.165, 1.54) is 28.9 Å². The van der Waals surface area contributed by atoms with Gasteiger partial charge in [0.2, 0.25) is 0 Å². The number of rotatable bonds is 4. The zero-order valence-electron chi connectivity index (χ0n) is 16.7. The van der Waals surface area contributed by atoms with Gasteiger partial charge in [-0.3, -0.25) is 4.98 Å². The van der Waals surface area contributed by atoms with Gasteiger partial charge in [-0.15, -0.1) is 5.10 Å². The first kappa shape index (κ1) is 23.2. The van der Waals surface area contributed by atoms with Crippen LogP contribution in [0.2, 0.25) is 10.0 Å². The lowest BCUT2D eigenvalue weighted by Gasteiger charge is -2.09.